The first kappa shape index (κ1) is 39.4. The molecule has 1 aromatic carbocycles. The lowest BCUT2D eigenvalue weighted by atomic mass is 9.81. The van der Waals surface area contributed by atoms with Gasteiger partial charge in [0.15, 0.2) is 0 Å². The Kier molecular flexibility index (Phi) is 16.8. The number of aryl methyl sites for hydroxylation is 1. The van der Waals surface area contributed by atoms with Gasteiger partial charge in [0.25, 0.3) is 0 Å². The van der Waals surface area contributed by atoms with E-state index < -0.39 is 11.1 Å². The number of amides is 4. The van der Waals surface area contributed by atoms with Crippen LogP contribution >= 0.6 is 0 Å². The van der Waals surface area contributed by atoms with E-state index in [2.05, 4.69) is 38.1 Å². The van der Waals surface area contributed by atoms with Crippen molar-refractivity contribution in [3.05, 3.63) is 71.6 Å². The summed E-state index contributed by atoms with van der Waals surface area (Å²) in [7, 11) is 1.49. The predicted molar refractivity (Wildman–Crippen MR) is 183 cm³/mol. The standard InChI is InChI=1S/C36H49N5O7/c1-7-17-35(4,40-33(44)24-46-22-31(42)37-6)26-36(5,18-8-2)41-34(45)25-47-23-32(43)38-19-20-48-30-14-10-12-28(21-30)15-16-29-13-9-11-27(3)39-29/h7,9-14,17,21H,8,18-20,22-26H2,1-6H3,(H,37,42)(H,38,43)(H,40,44)(H,41,45). The van der Waals surface area contributed by atoms with Crippen molar-refractivity contribution >= 4 is 23.6 Å². The number of ether oxygens (including phenoxy) is 3. The summed E-state index contributed by atoms with van der Waals surface area (Å²) in [5, 5.41) is 11.1. The quantitative estimate of drug-likeness (QED) is 0.102. The first-order valence-electron chi connectivity index (χ1n) is 16.0. The number of benzene rings is 1. The molecule has 0 spiro atoms. The van der Waals surface area contributed by atoms with Crippen LogP contribution in [0.1, 0.15) is 63.9 Å². The molecule has 2 aromatic rings. The number of hydrogen-bond acceptors (Lipinski definition) is 8. The Morgan fingerprint density at radius 2 is 1.56 bits per heavy atom. The molecule has 0 aliphatic rings. The van der Waals surface area contributed by atoms with E-state index in [0.29, 0.717) is 24.3 Å². The number of allylic oxidation sites excluding steroid dienone is 1. The zero-order valence-electron chi connectivity index (χ0n) is 28.9. The zero-order valence-corrected chi connectivity index (χ0v) is 28.9. The molecule has 48 heavy (non-hydrogen) atoms. The summed E-state index contributed by atoms with van der Waals surface area (Å²) < 4.78 is 16.3. The third-order valence-electron chi connectivity index (χ3n) is 6.92. The smallest absolute Gasteiger partial charge is 0.246 e. The number of likely N-dealkylation sites (N-methyl/N-ethyl adjacent to an activating group) is 1. The van der Waals surface area contributed by atoms with Gasteiger partial charge in [-0.1, -0.05) is 43.5 Å². The van der Waals surface area contributed by atoms with Crippen LogP contribution in [0.4, 0.5) is 0 Å². The van der Waals surface area contributed by atoms with E-state index in [0.717, 1.165) is 17.7 Å². The molecule has 2 atom stereocenters. The van der Waals surface area contributed by atoms with Gasteiger partial charge in [-0.05, 0) is 76.8 Å². The van der Waals surface area contributed by atoms with E-state index in [9.17, 15) is 19.2 Å². The Morgan fingerprint density at radius 3 is 2.23 bits per heavy atom. The molecule has 0 radical (unpaired) electrons. The Hall–Kier alpha value is -4.73. The van der Waals surface area contributed by atoms with Crippen molar-refractivity contribution in [1.29, 1.82) is 0 Å². The SMILES string of the molecule is CC=CC(C)(CC(C)(CCC)NC(=O)COCC(=O)NCCOc1cccc(C#Cc2cccc(C)n2)c1)NC(=O)COCC(=O)NC. The highest BCUT2D eigenvalue weighted by molar-refractivity contribution is 5.81. The molecule has 0 aliphatic heterocycles. The Balaban J connectivity index is 1.78. The maximum atomic E-state index is 12.8. The number of pyridine rings is 1. The lowest BCUT2D eigenvalue weighted by Gasteiger charge is -2.39. The number of nitrogens with one attached hydrogen (secondary N) is 4. The van der Waals surface area contributed by atoms with Crippen molar-refractivity contribution in [3.63, 3.8) is 0 Å². The topological polar surface area (TPSA) is 157 Å². The molecule has 12 heteroatoms. The number of hydrogen-bond donors (Lipinski definition) is 4. The molecule has 2 rings (SSSR count). The van der Waals surface area contributed by atoms with E-state index >= 15 is 0 Å². The van der Waals surface area contributed by atoms with Crippen molar-refractivity contribution in [1.82, 2.24) is 26.3 Å². The third kappa shape index (κ3) is 15.7. The average Bonchev–Trinajstić information content (AvgIpc) is 3.02. The molecule has 4 amide bonds. The minimum atomic E-state index is -0.810. The normalized spacial score (nSPS) is 13.3. The van der Waals surface area contributed by atoms with Gasteiger partial charge in [-0.3, -0.25) is 19.2 Å². The molecule has 1 heterocycles. The molecule has 12 nitrogen and oxygen atoms in total. The Labute approximate surface area is 283 Å². The second kappa shape index (κ2) is 20.5. The van der Waals surface area contributed by atoms with Gasteiger partial charge in [-0.15, -0.1) is 0 Å². The number of rotatable bonds is 19. The van der Waals surface area contributed by atoms with Gasteiger partial charge in [-0.25, -0.2) is 4.98 Å². The molecule has 1 aromatic heterocycles. The van der Waals surface area contributed by atoms with Crippen molar-refractivity contribution < 1.29 is 33.4 Å². The maximum absolute atomic E-state index is 12.8. The van der Waals surface area contributed by atoms with Crippen molar-refractivity contribution in [2.24, 2.45) is 0 Å². The Bertz CT molecular complexity index is 1470. The van der Waals surface area contributed by atoms with Gasteiger partial charge in [0.2, 0.25) is 23.6 Å². The highest BCUT2D eigenvalue weighted by Crippen LogP contribution is 2.26. The van der Waals surface area contributed by atoms with Crippen LogP contribution in [0.25, 0.3) is 0 Å². The van der Waals surface area contributed by atoms with Gasteiger partial charge in [-0.2, -0.15) is 0 Å². The third-order valence-corrected chi connectivity index (χ3v) is 6.92. The highest BCUT2D eigenvalue weighted by Gasteiger charge is 2.35. The Morgan fingerprint density at radius 1 is 0.896 bits per heavy atom. The van der Waals surface area contributed by atoms with Gasteiger partial charge in [0.05, 0.1) is 12.1 Å². The second-order valence-corrected chi connectivity index (χ2v) is 11.8. The minimum absolute atomic E-state index is 0.224. The summed E-state index contributed by atoms with van der Waals surface area (Å²) in [4.78, 5) is 53.4. The first-order valence-corrected chi connectivity index (χ1v) is 16.0. The van der Waals surface area contributed by atoms with E-state index in [-0.39, 0.29) is 63.2 Å². The molecular weight excluding hydrogens is 614 g/mol. The summed E-state index contributed by atoms with van der Waals surface area (Å²) >= 11 is 0. The zero-order chi connectivity index (χ0) is 35.4. The van der Waals surface area contributed by atoms with Crippen LogP contribution in [-0.2, 0) is 28.7 Å². The lowest BCUT2D eigenvalue weighted by Crippen LogP contribution is -2.56. The van der Waals surface area contributed by atoms with Crippen LogP contribution in [-0.4, -0.2) is 86.3 Å². The van der Waals surface area contributed by atoms with Crippen molar-refractivity contribution in [3.8, 4) is 17.6 Å². The van der Waals surface area contributed by atoms with Crippen LogP contribution in [0.3, 0.4) is 0 Å². The minimum Gasteiger partial charge on any atom is -0.492 e. The molecule has 0 fully saturated rings. The largest absolute Gasteiger partial charge is 0.492 e. The number of nitrogens with zero attached hydrogens (tertiary/aromatic N) is 1. The molecule has 4 N–H and O–H groups in total. The fourth-order valence-corrected chi connectivity index (χ4v) is 5.17. The fourth-order valence-electron chi connectivity index (χ4n) is 5.17. The average molecular weight is 664 g/mol. The molecule has 0 saturated carbocycles. The fraction of sp³-hybridized carbons (Fsp3) is 0.472. The number of carbonyl (C=O) groups excluding carboxylic acids is 4. The van der Waals surface area contributed by atoms with E-state index in [1.54, 1.807) is 0 Å². The molecule has 2 unspecified atom stereocenters. The summed E-state index contributed by atoms with van der Waals surface area (Å²) in [6, 6.07) is 13.0. The summed E-state index contributed by atoms with van der Waals surface area (Å²) in [5.74, 6) is 5.26. The van der Waals surface area contributed by atoms with Crippen LogP contribution < -0.4 is 26.0 Å². The van der Waals surface area contributed by atoms with Gasteiger partial charge in [0, 0.05) is 23.8 Å². The van der Waals surface area contributed by atoms with Crippen molar-refractivity contribution in [2.75, 3.05) is 46.6 Å². The van der Waals surface area contributed by atoms with Crippen LogP contribution in [0.2, 0.25) is 0 Å². The maximum Gasteiger partial charge on any atom is 0.246 e. The summed E-state index contributed by atoms with van der Waals surface area (Å²) in [6.07, 6.45) is 5.47. The molecular formula is C36H49N5O7. The van der Waals surface area contributed by atoms with Gasteiger partial charge in [0.1, 0.15) is 44.5 Å². The lowest BCUT2D eigenvalue weighted by molar-refractivity contribution is -0.132. The molecule has 0 aliphatic carbocycles. The van der Waals surface area contributed by atoms with Crippen LogP contribution in [0, 0.1) is 18.8 Å². The van der Waals surface area contributed by atoms with Crippen LogP contribution in [0.15, 0.2) is 54.6 Å². The van der Waals surface area contributed by atoms with E-state index in [1.807, 2.05) is 89.2 Å². The van der Waals surface area contributed by atoms with Gasteiger partial charge >= 0.3 is 0 Å². The van der Waals surface area contributed by atoms with E-state index in [4.69, 9.17) is 14.2 Å². The van der Waals surface area contributed by atoms with Gasteiger partial charge < -0.3 is 35.5 Å². The number of aromatic nitrogens is 1. The summed E-state index contributed by atoms with van der Waals surface area (Å²) in [5.41, 5.74) is 0.865. The van der Waals surface area contributed by atoms with Crippen LogP contribution in [0.5, 0.6) is 5.75 Å². The van der Waals surface area contributed by atoms with E-state index in [1.165, 1.54) is 7.05 Å². The summed E-state index contributed by atoms with van der Waals surface area (Å²) in [6.45, 7) is 8.88. The van der Waals surface area contributed by atoms with Crippen molar-refractivity contribution in [2.45, 2.75) is 65.0 Å². The molecule has 0 bridgehead atoms. The second-order valence-electron chi connectivity index (χ2n) is 11.8. The monoisotopic (exact) mass is 663 g/mol. The predicted octanol–water partition coefficient (Wildman–Crippen LogP) is 2.58. The molecule has 0 saturated heterocycles. The highest BCUT2D eigenvalue weighted by atomic mass is 16.5. The first-order chi connectivity index (χ1) is 22.9. The molecule has 260 valence electrons. The number of carbonyl (C=O) groups is 4.